The number of carbonyl (C=O) groups is 1. The number of fused-ring (bicyclic) bond motifs is 1. The zero-order valence-electron chi connectivity index (χ0n) is 12.6. The fourth-order valence-electron chi connectivity index (χ4n) is 3.43. The van der Waals surface area contributed by atoms with E-state index in [-0.39, 0.29) is 11.9 Å². The Morgan fingerprint density at radius 3 is 2.86 bits per heavy atom. The Balaban J connectivity index is 1.41. The van der Waals surface area contributed by atoms with Crippen molar-refractivity contribution in [1.29, 1.82) is 0 Å². The van der Waals surface area contributed by atoms with Gasteiger partial charge in [-0.15, -0.1) is 0 Å². The molecule has 1 amide bonds. The van der Waals surface area contributed by atoms with E-state index in [1.807, 2.05) is 11.1 Å². The number of hydrogen-bond acceptors (Lipinski definition) is 4. The number of nitrogens with zero attached hydrogens (tertiary/aromatic N) is 3. The van der Waals surface area contributed by atoms with Crippen LogP contribution in [0.25, 0.3) is 10.9 Å². The summed E-state index contributed by atoms with van der Waals surface area (Å²) in [5.74, 6) is 0.280. The number of nitrogens with one attached hydrogen (secondary N) is 2. The third kappa shape index (κ3) is 2.43. The van der Waals surface area contributed by atoms with Gasteiger partial charge in [0.2, 0.25) is 5.91 Å². The van der Waals surface area contributed by atoms with Crippen LogP contribution < -0.4 is 10.2 Å². The lowest BCUT2D eigenvalue weighted by molar-refractivity contribution is -0.133. The van der Waals surface area contributed by atoms with Gasteiger partial charge in [0, 0.05) is 37.3 Å². The normalized spacial score (nSPS) is 22.5. The first-order valence-electron chi connectivity index (χ1n) is 8.01. The van der Waals surface area contributed by atoms with Gasteiger partial charge in [-0.05, 0) is 37.6 Å². The number of amides is 1. The van der Waals surface area contributed by atoms with Gasteiger partial charge < -0.3 is 15.1 Å². The number of anilines is 1. The van der Waals surface area contributed by atoms with Crippen LogP contribution in [0.15, 0.2) is 24.4 Å². The van der Waals surface area contributed by atoms with E-state index in [0.29, 0.717) is 0 Å². The van der Waals surface area contributed by atoms with Crippen LogP contribution >= 0.6 is 0 Å². The quantitative estimate of drug-likeness (QED) is 0.867. The highest BCUT2D eigenvalue weighted by atomic mass is 16.2. The van der Waals surface area contributed by atoms with E-state index in [2.05, 4.69) is 38.6 Å². The van der Waals surface area contributed by atoms with Gasteiger partial charge >= 0.3 is 0 Å². The minimum absolute atomic E-state index is 0.0498. The van der Waals surface area contributed by atoms with E-state index < -0.39 is 0 Å². The fourth-order valence-corrected chi connectivity index (χ4v) is 3.43. The zero-order chi connectivity index (χ0) is 14.9. The minimum atomic E-state index is 0.0498. The molecule has 1 atom stereocenters. The SMILES string of the molecule is O=C([C@H]1CCCN1)N1CCN(c2ccc3[nH]ncc3c2)CC1. The van der Waals surface area contributed by atoms with Crippen molar-refractivity contribution >= 4 is 22.5 Å². The lowest BCUT2D eigenvalue weighted by Crippen LogP contribution is -2.53. The first kappa shape index (κ1) is 13.6. The third-order valence-electron chi connectivity index (χ3n) is 4.74. The molecule has 2 aromatic rings. The van der Waals surface area contributed by atoms with Crippen molar-refractivity contribution in [2.24, 2.45) is 0 Å². The minimum Gasteiger partial charge on any atom is -0.368 e. The molecular weight excluding hydrogens is 278 g/mol. The molecule has 2 N–H and O–H groups in total. The zero-order valence-corrected chi connectivity index (χ0v) is 12.6. The molecule has 0 radical (unpaired) electrons. The number of piperazine rings is 1. The molecule has 0 spiro atoms. The lowest BCUT2D eigenvalue weighted by Gasteiger charge is -2.37. The molecule has 4 rings (SSSR count). The van der Waals surface area contributed by atoms with Gasteiger partial charge in [0.05, 0.1) is 17.8 Å². The van der Waals surface area contributed by atoms with E-state index in [9.17, 15) is 4.79 Å². The molecule has 0 aliphatic carbocycles. The second kappa shape index (κ2) is 5.61. The summed E-state index contributed by atoms with van der Waals surface area (Å²) in [6.07, 6.45) is 3.95. The third-order valence-corrected chi connectivity index (χ3v) is 4.74. The fraction of sp³-hybridized carbons (Fsp3) is 0.500. The molecule has 0 unspecified atom stereocenters. The van der Waals surface area contributed by atoms with Crippen LogP contribution in [-0.2, 0) is 4.79 Å². The van der Waals surface area contributed by atoms with Crippen molar-refractivity contribution in [2.75, 3.05) is 37.6 Å². The van der Waals surface area contributed by atoms with E-state index in [0.717, 1.165) is 56.5 Å². The van der Waals surface area contributed by atoms with E-state index in [4.69, 9.17) is 0 Å². The number of benzene rings is 1. The van der Waals surface area contributed by atoms with Crippen molar-refractivity contribution in [3.63, 3.8) is 0 Å². The van der Waals surface area contributed by atoms with Crippen LogP contribution in [0, 0.1) is 0 Å². The molecule has 3 heterocycles. The van der Waals surface area contributed by atoms with Crippen molar-refractivity contribution in [3.05, 3.63) is 24.4 Å². The van der Waals surface area contributed by atoms with Crippen molar-refractivity contribution in [1.82, 2.24) is 20.4 Å². The molecule has 6 heteroatoms. The van der Waals surface area contributed by atoms with Crippen LogP contribution in [0.3, 0.4) is 0 Å². The van der Waals surface area contributed by atoms with Crippen molar-refractivity contribution < 1.29 is 4.79 Å². The monoisotopic (exact) mass is 299 g/mol. The van der Waals surface area contributed by atoms with Gasteiger partial charge in [-0.1, -0.05) is 0 Å². The first-order chi connectivity index (χ1) is 10.8. The molecule has 0 saturated carbocycles. The summed E-state index contributed by atoms with van der Waals surface area (Å²) in [4.78, 5) is 16.8. The molecule has 0 bridgehead atoms. The van der Waals surface area contributed by atoms with Crippen LogP contribution in [0.1, 0.15) is 12.8 Å². The average molecular weight is 299 g/mol. The number of H-pyrrole nitrogens is 1. The van der Waals surface area contributed by atoms with Crippen LogP contribution in [0.2, 0.25) is 0 Å². The van der Waals surface area contributed by atoms with E-state index in [1.54, 1.807) is 0 Å². The van der Waals surface area contributed by atoms with Gasteiger partial charge in [-0.25, -0.2) is 0 Å². The smallest absolute Gasteiger partial charge is 0.239 e. The molecule has 6 nitrogen and oxygen atoms in total. The number of carbonyl (C=O) groups excluding carboxylic acids is 1. The number of aromatic amines is 1. The predicted molar refractivity (Wildman–Crippen MR) is 85.9 cm³/mol. The predicted octanol–water partition coefficient (Wildman–Crippen LogP) is 0.963. The van der Waals surface area contributed by atoms with Crippen molar-refractivity contribution in [3.8, 4) is 0 Å². The number of hydrogen-bond donors (Lipinski definition) is 2. The molecule has 2 aliphatic rings. The molecule has 2 saturated heterocycles. The Bertz CT molecular complexity index is 668. The maximum Gasteiger partial charge on any atom is 0.239 e. The summed E-state index contributed by atoms with van der Waals surface area (Å²) in [5, 5.41) is 11.5. The molecular formula is C16H21N5O. The Morgan fingerprint density at radius 1 is 1.23 bits per heavy atom. The van der Waals surface area contributed by atoms with Crippen molar-refractivity contribution in [2.45, 2.75) is 18.9 Å². The summed E-state index contributed by atoms with van der Waals surface area (Å²) in [6, 6.07) is 6.40. The summed E-state index contributed by atoms with van der Waals surface area (Å²) >= 11 is 0. The van der Waals surface area contributed by atoms with Gasteiger partial charge in [-0.3, -0.25) is 9.89 Å². The van der Waals surface area contributed by atoms with Crippen LogP contribution in [0.4, 0.5) is 5.69 Å². The Morgan fingerprint density at radius 2 is 2.09 bits per heavy atom. The highest BCUT2D eigenvalue weighted by Crippen LogP contribution is 2.22. The van der Waals surface area contributed by atoms with E-state index in [1.165, 1.54) is 5.69 Å². The lowest BCUT2D eigenvalue weighted by atomic mass is 10.1. The molecule has 2 fully saturated rings. The second-order valence-corrected chi connectivity index (χ2v) is 6.10. The highest BCUT2D eigenvalue weighted by Gasteiger charge is 2.29. The van der Waals surface area contributed by atoms with Crippen LogP contribution in [-0.4, -0.2) is 59.8 Å². The van der Waals surface area contributed by atoms with Gasteiger partial charge in [0.15, 0.2) is 0 Å². The summed E-state index contributed by atoms with van der Waals surface area (Å²) < 4.78 is 0. The average Bonchev–Trinajstić information content (AvgIpc) is 3.25. The Hall–Kier alpha value is -2.08. The topological polar surface area (TPSA) is 64.3 Å². The highest BCUT2D eigenvalue weighted by molar-refractivity contribution is 5.83. The van der Waals surface area contributed by atoms with Gasteiger partial charge in [0.1, 0.15) is 0 Å². The maximum absolute atomic E-state index is 12.4. The molecule has 1 aromatic heterocycles. The first-order valence-corrected chi connectivity index (χ1v) is 8.01. The molecule has 2 aliphatic heterocycles. The molecule has 1 aromatic carbocycles. The van der Waals surface area contributed by atoms with E-state index >= 15 is 0 Å². The van der Waals surface area contributed by atoms with Gasteiger partial charge in [-0.2, -0.15) is 5.10 Å². The largest absolute Gasteiger partial charge is 0.368 e. The standard InChI is InChI=1S/C16H21N5O/c22-16(15-2-1-5-17-15)21-8-6-20(7-9-21)13-3-4-14-12(10-13)11-18-19-14/h3-4,10-11,15,17H,1-2,5-9H2,(H,18,19)/t15-/m1/s1. The summed E-state index contributed by atoms with van der Waals surface area (Å²) in [6.45, 7) is 4.37. The molecule has 116 valence electrons. The molecule has 22 heavy (non-hydrogen) atoms. The summed E-state index contributed by atoms with van der Waals surface area (Å²) in [7, 11) is 0. The number of aromatic nitrogens is 2. The Kier molecular flexibility index (Phi) is 3.46. The summed E-state index contributed by atoms with van der Waals surface area (Å²) in [5.41, 5.74) is 2.27. The second-order valence-electron chi connectivity index (χ2n) is 6.10. The Labute approximate surface area is 129 Å². The number of rotatable bonds is 2. The van der Waals surface area contributed by atoms with Crippen LogP contribution in [0.5, 0.6) is 0 Å². The van der Waals surface area contributed by atoms with Gasteiger partial charge in [0.25, 0.3) is 0 Å². The maximum atomic E-state index is 12.4.